The van der Waals surface area contributed by atoms with Gasteiger partial charge in [0, 0.05) is 6.20 Å². The van der Waals surface area contributed by atoms with Crippen molar-refractivity contribution in [1.29, 1.82) is 0 Å². The lowest BCUT2D eigenvalue weighted by atomic mass is 9.93. The molecule has 1 aliphatic heterocycles. The number of allylic oxidation sites excluding steroid dienone is 2. The molecule has 2 aromatic rings. The molecule has 3 rings (SSSR count). The minimum Gasteiger partial charge on any atom is -0.332 e. The van der Waals surface area contributed by atoms with Gasteiger partial charge in [-0.15, -0.1) is 0 Å². The summed E-state index contributed by atoms with van der Waals surface area (Å²) >= 11 is 0. The Balaban J connectivity index is 2.18. The molecule has 0 aromatic heterocycles. The van der Waals surface area contributed by atoms with Gasteiger partial charge in [0.05, 0.1) is 6.42 Å². The van der Waals surface area contributed by atoms with Gasteiger partial charge < -0.3 is 5.32 Å². The van der Waals surface area contributed by atoms with Gasteiger partial charge >= 0.3 is 0 Å². The summed E-state index contributed by atoms with van der Waals surface area (Å²) in [4.78, 5) is 11.8. The maximum absolute atomic E-state index is 11.8. The second kappa shape index (κ2) is 5.57. The second-order valence-corrected chi connectivity index (χ2v) is 4.70. The molecule has 0 aliphatic carbocycles. The molecule has 0 radical (unpaired) electrons. The van der Waals surface area contributed by atoms with Crippen molar-refractivity contribution < 1.29 is 4.79 Å². The Labute approximate surface area is 118 Å². The van der Waals surface area contributed by atoms with E-state index in [-0.39, 0.29) is 5.91 Å². The van der Waals surface area contributed by atoms with E-state index in [2.05, 4.69) is 17.4 Å². The average molecular weight is 261 g/mol. The zero-order chi connectivity index (χ0) is 13.8. The first-order chi connectivity index (χ1) is 9.84. The van der Waals surface area contributed by atoms with E-state index in [1.807, 2.05) is 54.6 Å². The lowest BCUT2D eigenvalue weighted by Gasteiger charge is -2.11. The normalized spacial score (nSPS) is 14.9. The van der Waals surface area contributed by atoms with Gasteiger partial charge in [0.1, 0.15) is 0 Å². The van der Waals surface area contributed by atoms with Crippen molar-refractivity contribution in [1.82, 2.24) is 5.32 Å². The van der Waals surface area contributed by atoms with Crippen LogP contribution in [0.4, 0.5) is 0 Å². The van der Waals surface area contributed by atoms with Crippen LogP contribution in [0.15, 0.2) is 72.9 Å². The topological polar surface area (TPSA) is 29.1 Å². The molecule has 98 valence electrons. The van der Waals surface area contributed by atoms with E-state index in [0.29, 0.717) is 6.42 Å². The van der Waals surface area contributed by atoms with Crippen molar-refractivity contribution in [3.8, 4) is 0 Å². The van der Waals surface area contributed by atoms with Gasteiger partial charge in [0.2, 0.25) is 5.91 Å². The molecule has 0 spiro atoms. The molecule has 0 fully saturated rings. The Morgan fingerprint density at radius 3 is 2.05 bits per heavy atom. The van der Waals surface area contributed by atoms with Gasteiger partial charge in [-0.05, 0) is 28.3 Å². The summed E-state index contributed by atoms with van der Waals surface area (Å²) in [5.74, 6) is 0.0195. The fraction of sp³-hybridized carbons (Fsp3) is 0.0556. The van der Waals surface area contributed by atoms with E-state index < -0.39 is 0 Å². The van der Waals surface area contributed by atoms with E-state index in [0.717, 1.165) is 22.3 Å². The van der Waals surface area contributed by atoms with Crippen LogP contribution in [0.25, 0.3) is 11.1 Å². The number of hydrogen-bond donors (Lipinski definition) is 1. The molecular weight excluding hydrogens is 246 g/mol. The molecule has 0 saturated carbocycles. The van der Waals surface area contributed by atoms with E-state index in [9.17, 15) is 4.79 Å². The van der Waals surface area contributed by atoms with Gasteiger partial charge in [0.25, 0.3) is 0 Å². The van der Waals surface area contributed by atoms with Gasteiger partial charge in [-0.25, -0.2) is 0 Å². The smallest absolute Gasteiger partial charge is 0.228 e. The third kappa shape index (κ3) is 2.54. The van der Waals surface area contributed by atoms with Crippen LogP contribution in [0, 0.1) is 0 Å². The summed E-state index contributed by atoms with van der Waals surface area (Å²) in [6.07, 6.45) is 4.09. The van der Waals surface area contributed by atoms with Crippen LogP contribution in [0.1, 0.15) is 17.5 Å². The number of amides is 1. The summed E-state index contributed by atoms with van der Waals surface area (Å²) in [5, 5.41) is 2.78. The second-order valence-electron chi connectivity index (χ2n) is 4.70. The van der Waals surface area contributed by atoms with Crippen LogP contribution in [0.3, 0.4) is 0 Å². The largest absolute Gasteiger partial charge is 0.332 e. The zero-order valence-corrected chi connectivity index (χ0v) is 11.0. The third-order valence-electron chi connectivity index (χ3n) is 3.36. The first kappa shape index (κ1) is 12.4. The highest BCUT2D eigenvalue weighted by molar-refractivity contribution is 6.03. The average Bonchev–Trinajstić information content (AvgIpc) is 2.71. The maximum atomic E-state index is 11.8. The first-order valence-corrected chi connectivity index (χ1v) is 6.64. The highest BCUT2D eigenvalue weighted by atomic mass is 16.1. The molecule has 1 N–H and O–H groups in total. The van der Waals surface area contributed by atoms with Crippen molar-refractivity contribution in [3.05, 3.63) is 84.1 Å². The Kier molecular flexibility index (Phi) is 3.46. The van der Waals surface area contributed by atoms with Crippen molar-refractivity contribution in [3.63, 3.8) is 0 Å². The zero-order valence-electron chi connectivity index (χ0n) is 11.0. The Morgan fingerprint density at radius 1 is 0.800 bits per heavy atom. The van der Waals surface area contributed by atoms with Crippen molar-refractivity contribution in [2.24, 2.45) is 0 Å². The van der Waals surface area contributed by atoms with E-state index in [4.69, 9.17) is 0 Å². The summed E-state index contributed by atoms with van der Waals surface area (Å²) in [6, 6.07) is 20.2. The van der Waals surface area contributed by atoms with Crippen LogP contribution >= 0.6 is 0 Å². The van der Waals surface area contributed by atoms with E-state index in [1.54, 1.807) is 6.20 Å². The lowest BCUT2D eigenvalue weighted by molar-refractivity contribution is -0.119. The number of carbonyl (C=O) groups is 1. The van der Waals surface area contributed by atoms with E-state index in [1.165, 1.54) is 0 Å². The minimum absolute atomic E-state index is 0.0195. The molecule has 0 atom stereocenters. The summed E-state index contributed by atoms with van der Waals surface area (Å²) < 4.78 is 0. The quantitative estimate of drug-likeness (QED) is 0.878. The summed E-state index contributed by atoms with van der Waals surface area (Å²) in [7, 11) is 0. The molecule has 2 nitrogen and oxygen atoms in total. The Hall–Kier alpha value is -2.61. The predicted molar refractivity (Wildman–Crippen MR) is 81.6 cm³/mol. The molecule has 20 heavy (non-hydrogen) atoms. The maximum Gasteiger partial charge on any atom is 0.228 e. The number of carbonyl (C=O) groups excluding carboxylic acids is 1. The molecule has 2 heteroatoms. The molecule has 2 aromatic carbocycles. The highest BCUT2D eigenvalue weighted by Crippen LogP contribution is 2.31. The minimum atomic E-state index is 0.0195. The first-order valence-electron chi connectivity index (χ1n) is 6.64. The molecular formula is C18H15NO. The standard InChI is InChI=1S/C18H15NO/c20-18-13-17(15-9-5-2-6-10-15)16(11-12-19-18)14-7-3-1-4-8-14/h1-12H,13H2,(H,19,20). The van der Waals surface area contributed by atoms with Gasteiger partial charge in [0.15, 0.2) is 0 Å². The Bertz CT molecular complexity index is 669. The summed E-state index contributed by atoms with van der Waals surface area (Å²) in [6.45, 7) is 0. The van der Waals surface area contributed by atoms with Crippen LogP contribution in [-0.2, 0) is 4.79 Å². The van der Waals surface area contributed by atoms with Gasteiger partial charge in [-0.3, -0.25) is 4.79 Å². The Morgan fingerprint density at radius 2 is 1.40 bits per heavy atom. The molecule has 1 heterocycles. The molecule has 0 saturated heterocycles. The summed E-state index contributed by atoms with van der Waals surface area (Å²) in [5.41, 5.74) is 4.37. The van der Waals surface area contributed by atoms with E-state index >= 15 is 0 Å². The van der Waals surface area contributed by atoms with Crippen LogP contribution < -0.4 is 5.32 Å². The fourth-order valence-electron chi connectivity index (χ4n) is 2.41. The molecule has 1 amide bonds. The highest BCUT2D eigenvalue weighted by Gasteiger charge is 2.15. The number of hydrogen-bond acceptors (Lipinski definition) is 1. The van der Waals surface area contributed by atoms with Crippen LogP contribution in [0.2, 0.25) is 0 Å². The van der Waals surface area contributed by atoms with Gasteiger partial charge in [-0.2, -0.15) is 0 Å². The van der Waals surface area contributed by atoms with Crippen molar-refractivity contribution in [2.75, 3.05) is 0 Å². The van der Waals surface area contributed by atoms with Crippen molar-refractivity contribution >= 4 is 17.1 Å². The van der Waals surface area contributed by atoms with Crippen LogP contribution in [-0.4, -0.2) is 5.91 Å². The predicted octanol–water partition coefficient (Wildman–Crippen LogP) is 3.63. The molecule has 0 unspecified atom stereocenters. The molecule has 0 bridgehead atoms. The van der Waals surface area contributed by atoms with Crippen molar-refractivity contribution in [2.45, 2.75) is 6.42 Å². The number of benzene rings is 2. The van der Waals surface area contributed by atoms with Crippen LogP contribution in [0.5, 0.6) is 0 Å². The van der Waals surface area contributed by atoms with Gasteiger partial charge in [-0.1, -0.05) is 60.7 Å². The SMILES string of the molecule is O=C1CC(c2ccccc2)=C(c2ccccc2)C=CN1. The molecule has 1 aliphatic rings. The monoisotopic (exact) mass is 261 g/mol. The lowest BCUT2D eigenvalue weighted by Crippen LogP contribution is -2.15. The number of rotatable bonds is 2. The fourth-order valence-corrected chi connectivity index (χ4v) is 2.41. The third-order valence-corrected chi connectivity index (χ3v) is 3.36. The number of nitrogens with one attached hydrogen (secondary N) is 1.